The van der Waals surface area contributed by atoms with E-state index in [0.717, 1.165) is 0 Å². The minimum atomic E-state index is -0.363. The van der Waals surface area contributed by atoms with Crippen molar-refractivity contribution in [3.8, 4) is 0 Å². The summed E-state index contributed by atoms with van der Waals surface area (Å²) in [6.45, 7) is 5.80. The van der Waals surface area contributed by atoms with E-state index in [2.05, 4.69) is 10.6 Å². The third-order valence-electron chi connectivity index (χ3n) is 3.59. The number of benzene rings is 1. The lowest BCUT2D eigenvalue weighted by atomic mass is 10.1. The molecule has 22 heavy (non-hydrogen) atoms. The second-order valence-corrected chi connectivity index (χ2v) is 5.38. The van der Waals surface area contributed by atoms with E-state index < -0.39 is 0 Å². The van der Waals surface area contributed by atoms with Gasteiger partial charge in [-0.3, -0.25) is 14.9 Å². The maximum Gasteiger partial charge on any atom is 0.253 e. The summed E-state index contributed by atoms with van der Waals surface area (Å²) in [5.74, 6) is -0.265. The van der Waals surface area contributed by atoms with Gasteiger partial charge in [0, 0.05) is 25.2 Å². The average Bonchev–Trinajstić information content (AvgIpc) is 3.05. The van der Waals surface area contributed by atoms with Crippen LogP contribution in [-0.2, 0) is 4.79 Å². The molecule has 0 bridgehead atoms. The number of nitrogens with one attached hydrogen (secondary N) is 2. The van der Waals surface area contributed by atoms with Gasteiger partial charge in [-0.05, 0) is 32.0 Å². The van der Waals surface area contributed by atoms with Gasteiger partial charge in [-0.15, -0.1) is 0 Å². The summed E-state index contributed by atoms with van der Waals surface area (Å²) in [5, 5.41) is 6.20. The number of halogens is 1. The van der Waals surface area contributed by atoms with Crippen LogP contribution in [0.1, 0.15) is 24.2 Å². The fourth-order valence-corrected chi connectivity index (χ4v) is 2.47. The number of carbonyl (C=O) groups excluding carboxylic acids is 2. The van der Waals surface area contributed by atoms with Crippen molar-refractivity contribution in [3.05, 3.63) is 40.9 Å². The Balaban J connectivity index is 2.17. The second kappa shape index (κ2) is 7.42. The molecule has 2 N–H and O–H groups in total. The van der Waals surface area contributed by atoms with Crippen LogP contribution >= 0.6 is 11.6 Å². The molecule has 1 atom stereocenters. The molecule has 0 saturated carbocycles. The molecule has 2 amide bonds. The predicted octanol–water partition coefficient (Wildman–Crippen LogP) is 2.29. The Morgan fingerprint density at radius 1 is 1.36 bits per heavy atom. The van der Waals surface area contributed by atoms with Gasteiger partial charge in [-0.1, -0.05) is 23.8 Å². The van der Waals surface area contributed by atoms with E-state index in [1.54, 1.807) is 29.2 Å². The first-order valence-corrected chi connectivity index (χ1v) is 7.74. The summed E-state index contributed by atoms with van der Waals surface area (Å²) in [6.07, 6.45) is 3.69. The van der Waals surface area contributed by atoms with Gasteiger partial charge >= 0.3 is 0 Å². The quantitative estimate of drug-likeness (QED) is 0.818. The number of rotatable bonds is 5. The number of anilines is 1. The molecule has 1 aliphatic rings. The lowest BCUT2D eigenvalue weighted by Gasteiger charge is -2.19. The minimum absolute atomic E-state index is 0.0731. The van der Waals surface area contributed by atoms with Crippen molar-refractivity contribution in [2.24, 2.45) is 0 Å². The molecule has 6 heteroatoms. The fraction of sp³-hybridized carbons (Fsp3) is 0.375. The van der Waals surface area contributed by atoms with Gasteiger partial charge in [0.1, 0.15) is 6.04 Å². The molecular formula is C16H20ClN3O2. The van der Waals surface area contributed by atoms with E-state index in [1.807, 2.05) is 19.9 Å². The molecule has 1 aromatic carbocycles. The van der Waals surface area contributed by atoms with E-state index in [1.165, 1.54) is 0 Å². The lowest BCUT2D eigenvalue weighted by Crippen LogP contribution is -2.36. The molecule has 1 heterocycles. The van der Waals surface area contributed by atoms with E-state index in [0.29, 0.717) is 35.9 Å². The Morgan fingerprint density at radius 3 is 2.68 bits per heavy atom. The molecule has 0 fully saturated rings. The van der Waals surface area contributed by atoms with E-state index >= 15 is 0 Å². The third kappa shape index (κ3) is 3.67. The summed E-state index contributed by atoms with van der Waals surface area (Å²) in [4.78, 5) is 26.2. The molecule has 0 saturated heterocycles. The highest BCUT2D eigenvalue weighted by molar-refractivity contribution is 6.34. The molecule has 1 aliphatic heterocycles. The molecule has 118 valence electrons. The van der Waals surface area contributed by atoms with Crippen molar-refractivity contribution >= 4 is 29.1 Å². The Morgan fingerprint density at radius 2 is 2.09 bits per heavy atom. The van der Waals surface area contributed by atoms with Crippen LogP contribution < -0.4 is 10.6 Å². The maximum absolute atomic E-state index is 12.4. The molecule has 0 unspecified atom stereocenters. The third-order valence-corrected chi connectivity index (χ3v) is 3.92. The predicted molar refractivity (Wildman–Crippen MR) is 88.3 cm³/mol. The highest BCUT2D eigenvalue weighted by Crippen LogP contribution is 2.24. The van der Waals surface area contributed by atoms with Crippen LogP contribution in [0.3, 0.4) is 0 Å². The van der Waals surface area contributed by atoms with Gasteiger partial charge in [-0.2, -0.15) is 0 Å². The van der Waals surface area contributed by atoms with Crippen molar-refractivity contribution < 1.29 is 9.59 Å². The topological polar surface area (TPSA) is 61.4 Å². The van der Waals surface area contributed by atoms with E-state index in [4.69, 9.17) is 11.6 Å². The van der Waals surface area contributed by atoms with Crippen molar-refractivity contribution in [3.63, 3.8) is 0 Å². The first-order chi connectivity index (χ1) is 10.6. The highest BCUT2D eigenvalue weighted by Gasteiger charge is 2.20. The minimum Gasteiger partial charge on any atom is -0.339 e. The molecule has 0 aliphatic carbocycles. The van der Waals surface area contributed by atoms with Gasteiger partial charge in [0.25, 0.3) is 5.91 Å². The van der Waals surface area contributed by atoms with Crippen molar-refractivity contribution in [2.75, 3.05) is 25.0 Å². The van der Waals surface area contributed by atoms with E-state index in [9.17, 15) is 9.59 Å². The lowest BCUT2D eigenvalue weighted by molar-refractivity contribution is -0.116. The monoisotopic (exact) mass is 321 g/mol. The van der Waals surface area contributed by atoms with Crippen molar-refractivity contribution in [2.45, 2.75) is 19.9 Å². The number of amides is 2. The number of nitrogens with zero attached hydrogens (tertiary/aromatic N) is 1. The first-order valence-electron chi connectivity index (χ1n) is 7.36. The van der Waals surface area contributed by atoms with Crippen molar-refractivity contribution in [1.29, 1.82) is 0 Å². The average molecular weight is 322 g/mol. The molecule has 1 aromatic rings. The fourth-order valence-electron chi connectivity index (χ4n) is 2.31. The van der Waals surface area contributed by atoms with Crippen LogP contribution in [0, 0.1) is 0 Å². The largest absolute Gasteiger partial charge is 0.339 e. The summed E-state index contributed by atoms with van der Waals surface area (Å²) >= 11 is 6.12. The molecular weight excluding hydrogens is 302 g/mol. The van der Waals surface area contributed by atoms with Crippen LogP contribution in [0.25, 0.3) is 0 Å². The normalized spacial score (nSPS) is 16.6. The van der Waals surface area contributed by atoms with Crippen LogP contribution in [0.15, 0.2) is 30.4 Å². The van der Waals surface area contributed by atoms with Gasteiger partial charge < -0.3 is 10.2 Å². The number of carbonyl (C=O) groups is 2. The molecule has 0 radical (unpaired) electrons. The zero-order valence-electron chi connectivity index (χ0n) is 12.7. The van der Waals surface area contributed by atoms with Gasteiger partial charge in [0.2, 0.25) is 5.91 Å². The van der Waals surface area contributed by atoms with Crippen LogP contribution in [0.4, 0.5) is 5.69 Å². The Labute approximate surface area is 135 Å². The number of hydrogen-bond acceptors (Lipinski definition) is 3. The van der Waals surface area contributed by atoms with Crippen LogP contribution in [0.2, 0.25) is 5.02 Å². The zero-order valence-corrected chi connectivity index (χ0v) is 13.5. The summed E-state index contributed by atoms with van der Waals surface area (Å²) in [6, 6.07) is 4.57. The van der Waals surface area contributed by atoms with Gasteiger partial charge in [0.15, 0.2) is 0 Å². The Kier molecular flexibility index (Phi) is 5.57. The van der Waals surface area contributed by atoms with E-state index in [-0.39, 0.29) is 17.9 Å². The molecule has 5 nitrogen and oxygen atoms in total. The van der Waals surface area contributed by atoms with Crippen molar-refractivity contribution in [1.82, 2.24) is 10.2 Å². The summed E-state index contributed by atoms with van der Waals surface area (Å²) < 4.78 is 0. The van der Waals surface area contributed by atoms with Gasteiger partial charge in [0.05, 0.1) is 10.7 Å². The highest BCUT2D eigenvalue weighted by atomic mass is 35.5. The van der Waals surface area contributed by atoms with Crippen LogP contribution in [0.5, 0.6) is 0 Å². The first kappa shape index (κ1) is 16.5. The standard InChI is InChI=1S/C16H20ClN3O2/c1-3-20(4-2)16(22)11-7-8-12(17)14(10-11)19-15(21)13-6-5-9-18-13/h5-8,10,13,18H,3-4,9H2,1-2H3,(H,19,21)/t13-/m0/s1. The second-order valence-electron chi connectivity index (χ2n) is 4.98. The summed E-state index contributed by atoms with van der Waals surface area (Å²) in [7, 11) is 0. The smallest absolute Gasteiger partial charge is 0.253 e. The summed E-state index contributed by atoms with van der Waals surface area (Å²) in [5.41, 5.74) is 0.963. The molecule has 2 rings (SSSR count). The Hall–Kier alpha value is -1.85. The van der Waals surface area contributed by atoms with Crippen LogP contribution in [-0.4, -0.2) is 42.4 Å². The SMILES string of the molecule is CCN(CC)C(=O)c1ccc(Cl)c(NC(=O)[C@@H]2C=CCN2)c1. The number of hydrogen-bond donors (Lipinski definition) is 2. The van der Waals surface area contributed by atoms with Gasteiger partial charge in [-0.25, -0.2) is 0 Å². The maximum atomic E-state index is 12.4. The molecule has 0 aromatic heterocycles. The zero-order chi connectivity index (χ0) is 16.1. The molecule has 0 spiro atoms. The Bertz CT molecular complexity index is 597.